The van der Waals surface area contributed by atoms with Gasteiger partial charge in [0.05, 0.1) is 19.1 Å². The third kappa shape index (κ3) is 5.26. The summed E-state index contributed by atoms with van der Waals surface area (Å²) in [6.45, 7) is 4.05. The van der Waals surface area contributed by atoms with Crippen molar-refractivity contribution in [2.75, 3.05) is 18.5 Å². The van der Waals surface area contributed by atoms with Crippen molar-refractivity contribution in [2.45, 2.75) is 20.0 Å². The van der Waals surface area contributed by atoms with E-state index in [1.54, 1.807) is 12.5 Å². The number of rotatable bonds is 9. The van der Waals surface area contributed by atoms with Crippen LogP contribution in [0.25, 0.3) is 0 Å². The Kier molecular flexibility index (Phi) is 6.11. The van der Waals surface area contributed by atoms with Gasteiger partial charge in [0.2, 0.25) is 0 Å². The van der Waals surface area contributed by atoms with E-state index in [0.717, 1.165) is 27.9 Å². The molecule has 2 N–H and O–H groups in total. The average Bonchev–Trinajstić information content (AvgIpc) is 3.31. The molecular formula is C20H23N2O4+. The molecule has 0 fully saturated rings. The number of hydrogen-bond donors (Lipinski definition) is 2. The highest BCUT2D eigenvalue weighted by atomic mass is 16.5. The van der Waals surface area contributed by atoms with Crippen LogP contribution in [-0.4, -0.2) is 19.1 Å². The van der Waals surface area contributed by atoms with E-state index in [-0.39, 0.29) is 5.91 Å². The molecule has 0 aliphatic rings. The van der Waals surface area contributed by atoms with Crippen LogP contribution in [0.15, 0.2) is 69.9 Å². The predicted molar refractivity (Wildman–Crippen MR) is 96.9 cm³/mol. The van der Waals surface area contributed by atoms with Gasteiger partial charge in [0, 0.05) is 5.69 Å². The van der Waals surface area contributed by atoms with Crippen LogP contribution >= 0.6 is 0 Å². The third-order valence-corrected chi connectivity index (χ3v) is 3.87. The summed E-state index contributed by atoms with van der Waals surface area (Å²) in [4.78, 5) is 13.5. The molecular weight excluding hydrogens is 332 g/mol. The fourth-order valence-corrected chi connectivity index (χ4v) is 2.74. The van der Waals surface area contributed by atoms with E-state index in [1.165, 1.54) is 0 Å². The van der Waals surface area contributed by atoms with Crippen molar-refractivity contribution in [1.29, 1.82) is 0 Å². The first kappa shape index (κ1) is 17.8. The number of carbonyl (C=O) groups is 1. The Morgan fingerprint density at radius 3 is 2.12 bits per heavy atom. The van der Waals surface area contributed by atoms with Crippen LogP contribution in [0.2, 0.25) is 0 Å². The quantitative estimate of drug-likeness (QED) is 0.619. The largest absolute Gasteiger partial charge is 0.494 e. The maximum atomic E-state index is 12.5. The fraction of sp³-hybridized carbons (Fsp3) is 0.250. The van der Waals surface area contributed by atoms with Crippen molar-refractivity contribution in [3.63, 3.8) is 0 Å². The monoisotopic (exact) mass is 355 g/mol. The molecule has 0 spiro atoms. The maximum absolute atomic E-state index is 12.5. The number of furan rings is 2. The number of anilines is 1. The average molecular weight is 355 g/mol. The van der Waals surface area contributed by atoms with Crippen molar-refractivity contribution in [1.82, 2.24) is 0 Å². The van der Waals surface area contributed by atoms with Gasteiger partial charge < -0.3 is 23.8 Å². The highest BCUT2D eigenvalue weighted by molar-refractivity contribution is 5.91. The van der Waals surface area contributed by atoms with E-state index < -0.39 is 0 Å². The summed E-state index contributed by atoms with van der Waals surface area (Å²) in [5, 5.41) is 2.92. The van der Waals surface area contributed by atoms with Gasteiger partial charge in [-0.1, -0.05) is 0 Å². The Bertz CT molecular complexity index is 744. The summed E-state index contributed by atoms with van der Waals surface area (Å²) < 4.78 is 16.3. The van der Waals surface area contributed by atoms with Crippen LogP contribution in [0.4, 0.5) is 5.69 Å². The molecule has 1 amide bonds. The van der Waals surface area contributed by atoms with Crippen LogP contribution in [0.1, 0.15) is 18.4 Å². The fourth-order valence-electron chi connectivity index (χ4n) is 2.74. The van der Waals surface area contributed by atoms with Gasteiger partial charge >= 0.3 is 0 Å². The zero-order valence-corrected chi connectivity index (χ0v) is 14.7. The van der Waals surface area contributed by atoms with Crippen molar-refractivity contribution in [3.05, 3.63) is 72.6 Å². The lowest BCUT2D eigenvalue weighted by molar-refractivity contribution is -0.921. The smallest absolute Gasteiger partial charge is 0.279 e. The second-order valence-electron chi connectivity index (χ2n) is 5.94. The number of quaternary nitrogens is 1. The number of amides is 1. The molecule has 3 aromatic rings. The van der Waals surface area contributed by atoms with Gasteiger partial charge in [-0.05, 0) is 55.5 Å². The predicted octanol–water partition coefficient (Wildman–Crippen LogP) is 2.50. The minimum atomic E-state index is -0.0673. The highest BCUT2D eigenvalue weighted by Crippen LogP contribution is 2.15. The molecule has 3 rings (SSSR count). The minimum Gasteiger partial charge on any atom is -0.494 e. The molecule has 6 heteroatoms. The van der Waals surface area contributed by atoms with Gasteiger partial charge in [0.15, 0.2) is 18.1 Å². The molecule has 26 heavy (non-hydrogen) atoms. The second kappa shape index (κ2) is 8.92. The first-order chi connectivity index (χ1) is 12.7. The molecule has 0 aliphatic carbocycles. The lowest BCUT2D eigenvalue weighted by Gasteiger charge is -2.17. The van der Waals surface area contributed by atoms with Gasteiger partial charge in [-0.25, -0.2) is 0 Å². The van der Waals surface area contributed by atoms with Gasteiger partial charge in [0.25, 0.3) is 5.91 Å². The number of carbonyl (C=O) groups excluding carboxylic acids is 1. The van der Waals surface area contributed by atoms with Crippen molar-refractivity contribution >= 4 is 11.6 Å². The Balaban J connectivity index is 1.60. The van der Waals surface area contributed by atoms with E-state index in [4.69, 9.17) is 13.6 Å². The zero-order valence-electron chi connectivity index (χ0n) is 14.7. The molecule has 136 valence electrons. The van der Waals surface area contributed by atoms with Crippen molar-refractivity contribution in [3.8, 4) is 5.75 Å². The Hall–Kier alpha value is -2.99. The van der Waals surface area contributed by atoms with E-state index in [2.05, 4.69) is 5.32 Å². The number of ether oxygens (including phenoxy) is 1. The van der Waals surface area contributed by atoms with Crippen LogP contribution in [0.3, 0.4) is 0 Å². The standard InChI is InChI=1S/C20H22N2O4/c1-2-24-17-9-7-16(8-10-17)21-20(23)15-22(13-18-5-3-11-25-18)14-19-6-4-12-26-19/h3-12H,2,13-15H2,1H3,(H,21,23)/p+1. The molecule has 0 saturated carbocycles. The Labute approximate surface area is 152 Å². The number of benzene rings is 1. The lowest BCUT2D eigenvalue weighted by Crippen LogP contribution is -3.10. The lowest BCUT2D eigenvalue weighted by atomic mass is 10.3. The summed E-state index contributed by atoms with van der Waals surface area (Å²) in [5.74, 6) is 2.39. The molecule has 2 aromatic heterocycles. The molecule has 0 radical (unpaired) electrons. The first-order valence-electron chi connectivity index (χ1n) is 8.64. The van der Waals surface area contributed by atoms with Crippen molar-refractivity contribution < 1.29 is 23.3 Å². The van der Waals surface area contributed by atoms with Crippen LogP contribution in [-0.2, 0) is 17.9 Å². The topological polar surface area (TPSA) is 69.0 Å². The molecule has 1 aromatic carbocycles. The molecule has 2 heterocycles. The highest BCUT2D eigenvalue weighted by Gasteiger charge is 2.18. The van der Waals surface area contributed by atoms with Crippen LogP contribution < -0.4 is 15.0 Å². The number of hydrogen-bond acceptors (Lipinski definition) is 4. The zero-order chi connectivity index (χ0) is 18.2. The van der Waals surface area contributed by atoms with Crippen molar-refractivity contribution in [2.24, 2.45) is 0 Å². The Morgan fingerprint density at radius 1 is 1.00 bits per heavy atom. The summed E-state index contributed by atoms with van der Waals surface area (Å²) >= 11 is 0. The first-order valence-corrected chi connectivity index (χ1v) is 8.64. The minimum absolute atomic E-state index is 0.0673. The summed E-state index contributed by atoms with van der Waals surface area (Å²) in [7, 11) is 0. The van der Waals surface area contributed by atoms with Gasteiger partial charge in [-0.3, -0.25) is 4.79 Å². The molecule has 0 saturated heterocycles. The third-order valence-electron chi connectivity index (χ3n) is 3.87. The van der Waals surface area contributed by atoms with Gasteiger partial charge in [-0.15, -0.1) is 0 Å². The SMILES string of the molecule is CCOc1ccc(NC(=O)C[NH+](Cc2ccco2)Cc2ccco2)cc1. The summed E-state index contributed by atoms with van der Waals surface area (Å²) in [6.07, 6.45) is 3.28. The second-order valence-corrected chi connectivity index (χ2v) is 5.94. The molecule has 0 atom stereocenters. The summed E-state index contributed by atoms with van der Waals surface area (Å²) in [5.41, 5.74) is 0.744. The van der Waals surface area contributed by atoms with Crippen LogP contribution in [0, 0.1) is 0 Å². The van der Waals surface area contributed by atoms with Gasteiger partial charge in [-0.2, -0.15) is 0 Å². The van der Waals surface area contributed by atoms with E-state index in [1.807, 2.05) is 55.5 Å². The molecule has 0 unspecified atom stereocenters. The summed E-state index contributed by atoms with van der Waals surface area (Å²) in [6, 6.07) is 14.9. The normalized spacial score (nSPS) is 10.8. The van der Waals surface area contributed by atoms with Gasteiger partial charge in [0.1, 0.15) is 18.8 Å². The molecule has 6 nitrogen and oxygen atoms in total. The maximum Gasteiger partial charge on any atom is 0.279 e. The van der Waals surface area contributed by atoms with E-state index in [0.29, 0.717) is 26.2 Å². The van der Waals surface area contributed by atoms with E-state index in [9.17, 15) is 4.79 Å². The van der Waals surface area contributed by atoms with E-state index >= 15 is 0 Å². The molecule has 0 aliphatic heterocycles. The molecule has 0 bridgehead atoms. The number of nitrogens with one attached hydrogen (secondary N) is 2. The van der Waals surface area contributed by atoms with Crippen LogP contribution in [0.5, 0.6) is 5.75 Å². The Morgan fingerprint density at radius 2 is 1.62 bits per heavy atom.